The van der Waals surface area contributed by atoms with Gasteiger partial charge in [0.05, 0.1) is 44.0 Å². The molecular weight excluding hydrogens is 819 g/mol. The van der Waals surface area contributed by atoms with E-state index in [0.717, 1.165) is 51.0 Å². The van der Waals surface area contributed by atoms with Gasteiger partial charge in [0.25, 0.3) is 11.8 Å². The van der Waals surface area contributed by atoms with Crippen LogP contribution in [0.25, 0.3) is 0 Å². The van der Waals surface area contributed by atoms with Gasteiger partial charge < -0.3 is 9.11 Å². The number of hydrazone groups is 2. The van der Waals surface area contributed by atoms with Crippen molar-refractivity contribution >= 4 is 66.2 Å². The van der Waals surface area contributed by atoms with Crippen molar-refractivity contribution in [1.29, 1.82) is 0 Å². The molecule has 0 radical (unpaired) electrons. The van der Waals surface area contributed by atoms with Gasteiger partial charge in [0.2, 0.25) is 0 Å². The minimum Gasteiger partial charge on any atom is -0.744 e. The fourth-order valence-corrected chi connectivity index (χ4v) is 7.13. The Morgan fingerprint density at radius 3 is 1.20 bits per heavy atom. The Hall–Kier alpha value is -4.60. The summed E-state index contributed by atoms with van der Waals surface area (Å²) in [6, 6.07) is 32.4. The summed E-state index contributed by atoms with van der Waals surface area (Å²) >= 11 is 0. The molecule has 2 amide bonds. The molecule has 5 aromatic carbocycles. The zero-order valence-corrected chi connectivity index (χ0v) is 37.6. The molecule has 16 nitrogen and oxygen atoms in total. The fourth-order valence-electron chi connectivity index (χ4n) is 6.19. The van der Waals surface area contributed by atoms with Crippen molar-refractivity contribution < 1.29 is 94.6 Å². The van der Waals surface area contributed by atoms with Crippen LogP contribution >= 0.6 is 0 Å². The van der Waals surface area contributed by atoms with E-state index in [1.165, 1.54) is 24.3 Å². The van der Waals surface area contributed by atoms with Gasteiger partial charge in [-0.05, 0) is 103 Å². The van der Waals surface area contributed by atoms with Gasteiger partial charge >= 0.3 is 59.1 Å². The van der Waals surface area contributed by atoms with Crippen LogP contribution in [0.5, 0.6) is 0 Å². The van der Waals surface area contributed by atoms with Crippen molar-refractivity contribution in [2.75, 3.05) is 10.0 Å². The Morgan fingerprint density at radius 2 is 0.864 bits per heavy atom. The van der Waals surface area contributed by atoms with Gasteiger partial charge in [-0.25, -0.2) is 16.8 Å². The van der Waals surface area contributed by atoms with Gasteiger partial charge in [0.15, 0.2) is 12.1 Å². The number of benzene rings is 5. The average Bonchev–Trinajstić information content (AvgIpc) is 3.65. The molecule has 2 aliphatic rings. The molecule has 59 heavy (non-hydrogen) atoms. The molecule has 7 rings (SSSR count). The van der Waals surface area contributed by atoms with E-state index in [9.17, 15) is 35.5 Å². The minimum atomic E-state index is -4.64. The Labute approximate surface area is 383 Å². The second kappa shape index (κ2) is 18.8. The molecule has 0 saturated carbocycles. The number of anilines is 2. The van der Waals surface area contributed by atoms with Crippen LogP contribution in [0.3, 0.4) is 0 Å². The Bertz CT molecular complexity index is 2530. The summed E-state index contributed by atoms with van der Waals surface area (Å²) in [6.07, 6.45) is 0. The first-order valence-corrected chi connectivity index (χ1v) is 20.0. The van der Waals surface area contributed by atoms with Crippen LogP contribution in [0.2, 0.25) is 0 Å². The number of amides is 2. The maximum atomic E-state index is 13.2. The number of carbonyl (C=O) groups excluding carboxylic acids is 2. The smallest absolute Gasteiger partial charge is 0.744 e. The van der Waals surface area contributed by atoms with Gasteiger partial charge in [0.1, 0.15) is 20.2 Å². The van der Waals surface area contributed by atoms with E-state index in [2.05, 4.69) is 30.7 Å². The molecule has 20 heteroatoms. The second-order valence-corrected chi connectivity index (χ2v) is 15.7. The predicted octanol–water partition coefficient (Wildman–Crippen LogP) is 0.433. The monoisotopic (exact) mass is 848 g/mol. The summed E-state index contributed by atoms with van der Waals surface area (Å²) in [5.41, 5.74) is 5.24. The summed E-state index contributed by atoms with van der Waals surface area (Å²) in [7, 11) is -9.28. The Balaban J connectivity index is 0.00000331. The van der Waals surface area contributed by atoms with Crippen molar-refractivity contribution in [3.63, 3.8) is 0 Å². The van der Waals surface area contributed by atoms with Crippen molar-refractivity contribution in [2.24, 2.45) is 30.7 Å². The van der Waals surface area contributed by atoms with Gasteiger partial charge in [-0.3, -0.25) is 9.59 Å². The molecule has 5 aromatic rings. The van der Waals surface area contributed by atoms with E-state index < -0.39 is 53.9 Å². The number of carbonyl (C=O) groups is 2. The topological polar surface area (TPSA) is 229 Å². The zero-order chi connectivity index (χ0) is 40.5. The van der Waals surface area contributed by atoms with Gasteiger partial charge in [-0.15, -0.1) is 0 Å². The first kappa shape index (κ1) is 45.5. The summed E-state index contributed by atoms with van der Waals surface area (Å²) in [5.74, 6) is -1.16. The molecule has 2 aliphatic heterocycles. The third-order valence-electron chi connectivity index (χ3n) is 9.10. The summed E-state index contributed by atoms with van der Waals surface area (Å²) < 4.78 is 67.7. The molecule has 0 saturated heterocycles. The van der Waals surface area contributed by atoms with Crippen molar-refractivity contribution in [3.8, 4) is 0 Å². The maximum absolute atomic E-state index is 13.2. The maximum Gasteiger partial charge on any atom is 1.00 e. The van der Waals surface area contributed by atoms with Crippen LogP contribution in [-0.4, -0.2) is 61.3 Å². The molecule has 0 bridgehead atoms. The van der Waals surface area contributed by atoms with E-state index in [1.54, 1.807) is 38.1 Å². The molecule has 0 fully saturated rings. The van der Waals surface area contributed by atoms with Crippen LogP contribution in [-0.2, 0) is 29.8 Å². The molecule has 2 atom stereocenters. The molecule has 2 unspecified atom stereocenters. The van der Waals surface area contributed by atoms with Crippen molar-refractivity contribution in [1.82, 2.24) is 0 Å². The van der Waals surface area contributed by atoms with E-state index in [1.807, 2.05) is 54.6 Å². The third-order valence-corrected chi connectivity index (χ3v) is 10.8. The zero-order valence-electron chi connectivity index (χ0n) is 32.0. The average molecular weight is 849 g/mol. The van der Waals surface area contributed by atoms with Gasteiger partial charge in [-0.2, -0.15) is 40.7 Å². The largest absolute Gasteiger partial charge is 1.00 e. The predicted molar refractivity (Wildman–Crippen MR) is 207 cm³/mol. The number of hydrogen-bond acceptors (Lipinski definition) is 14. The van der Waals surface area contributed by atoms with Crippen LogP contribution < -0.4 is 69.1 Å². The normalized spacial score (nSPS) is 17.5. The van der Waals surface area contributed by atoms with Crippen LogP contribution in [0, 0.1) is 0 Å². The quantitative estimate of drug-likeness (QED) is 0.0782. The first-order chi connectivity index (χ1) is 27.2. The standard InChI is InChI=1S/C39H32N8O8S2.2Na/c1-24-36(38(48)46(44-24)31-16-20-33(21-17-31)56(50,51)52)42-40-29-12-8-27(9-13-29)35(26-6-4-3-5-7-26)28-10-14-30(15-11-28)41-43-37-25(2)45-47(39(37)49)32-18-22-34(23-19-32)57(53,54)55;;/h3-23,35-37H,1-2H3,(H,50,51,52)(H,53,54,55);;/q;2*+1/p-2. The Morgan fingerprint density at radius 1 is 0.525 bits per heavy atom. The van der Waals surface area contributed by atoms with Crippen molar-refractivity contribution in [3.05, 3.63) is 144 Å². The van der Waals surface area contributed by atoms with Gasteiger partial charge in [0, 0.05) is 5.92 Å². The van der Waals surface area contributed by atoms with E-state index in [-0.39, 0.29) is 76.4 Å². The van der Waals surface area contributed by atoms with E-state index in [4.69, 9.17) is 0 Å². The Kier molecular flexibility index (Phi) is 14.5. The second-order valence-electron chi connectivity index (χ2n) is 12.9. The molecule has 0 N–H and O–H groups in total. The molecular formula is C39H30N8Na2O8S2. The number of hydrogen-bond donors (Lipinski definition) is 0. The van der Waals surface area contributed by atoms with E-state index >= 15 is 0 Å². The SMILES string of the molecule is CC1=NN(c2ccc(S(=O)(=O)[O-])cc2)C(=O)C1N=Nc1ccc(C(c2ccccc2)c2ccc(N=NC3C(=O)N(c4ccc(S(=O)(=O)[O-])cc4)N=C3C)cc2)cc1.[Na+].[Na+]. The summed E-state index contributed by atoms with van der Waals surface area (Å²) in [4.78, 5) is 25.5. The van der Waals surface area contributed by atoms with E-state index in [0.29, 0.717) is 22.8 Å². The van der Waals surface area contributed by atoms with Gasteiger partial charge in [-0.1, -0.05) is 54.6 Å². The number of azo groups is 2. The van der Waals surface area contributed by atoms with Crippen LogP contribution in [0.4, 0.5) is 22.7 Å². The molecule has 2 heterocycles. The first-order valence-electron chi connectivity index (χ1n) is 17.1. The van der Waals surface area contributed by atoms with Crippen LogP contribution in [0.1, 0.15) is 36.5 Å². The van der Waals surface area contributed by atoms with Crippen LogP contribution in [0.15, 0.2) is 168 Å². The third kappa shape index (κ3) is 10.2. The number of nitrogens with zero attached hydrogens (tertiary/aromatic N) is 8. The van der Waals surface area contributed by atoms with Crippen molar-refractivity contribution in [2.45, 2.75) is 41.6 Å². The molecule has 0 spiro atoms. The molecule has 0 aromatic heterocycles. The summed E-state index contributed by atoms with van der Waals surface area (Å²) in [6.45, 7) is 3.27. The molecule has 288 valence electrons. The summed E-state index contributed by atoms with van der Waals surface area (Å²) in [5, 5.41) is 27.8. The fraction of sp³-hybridized carbons (Fsp3) is 0.128. The molecule has 0 aliphatic carbocycles. The number of rotatable bonds is 11. The minimum absolute atomic E-state index is 0.